The molecule has 0 atom stereocenters. The molecule has 0 aliphatic rings. The van der Waals surface area contributed by atoms with Crippen molar-refractivity contribution in [3.05, 3.63) is 77.3 Å². The van der Waals surface area contributed by atoms with Crippen LogP contribution in [0.4, 0.5) is 0 Å². The van der Waals surface area contributed by atoms with Gasteiger partial charge in [-0.05, 0) is 12.1 Å². The van der Waals surface area contributed by atoms with E-state index in [1.54, 1.807) is 36.4 Å². The number of benzene rings is 2. The van der Waals surface area contributed by atoms with Crippen molar-refractivity contribution >= 4 is 17.4 Å². The number of aromatic nitrogens is 1. The average Bonchev–Trinajstić information content (AvgIpc) is 2.97. The van der Waals surface area contributed by atoms with Gasteiger partial charge in [-0.1, -0.05) is 54.1 Å². The normalized spacial score (nSPS) is 10.4. The van der Waals surface area contributed by atoms with Crippen LogP contribution in [0.5, 0.6) is 0 Å². The summed E-state index contributed by atoms with van der Waals surface area (Å²) in [5.74, 6) is -0.162. The van der Waals surface area contributed by atoms with E-state index in [4.69, 9.17) is 16.0 Å². The Morgan fingerprint density at radius 1 is 1.05 bits per heavy atom. The van der Waals surface area contributed by atoms with Crippen molar-refractivity contribution in [3.8, 4) is 11.3 Å². The summed E-state index contributed by atoms with van der Waals surface area (Å²) in [5, 5.41) is 0.612. The van der Waals surface area contributed by atoms with E-state index >= 15 is 0 Å². The second kappa shape index (κ2) is 5.31. The number of rotatable bonds is 3. The number of halogens is 1. The summed E-state index contributed by atoms with van der Waals surface area (Å²) in [6, 6.07) is 16.1. The molecular weight excluding hydrogens is 274 g/mol. The summed E-state index contributed by atoms with van der Waals surface area (Å²) < 4.78 is 5.27. The van der Waals surface area contributed by atoms with Gasteiger partial charge >= 0.3 is 0 Å². The summed E-state index contributed by atoms with van der Waals surface area (Å²) in [4.78, 5) is 16.4. The lowest BCUT2D eigenvalue weighted by molar-refractivity contribution is 0.100. The summed E-state index contributed by atoms with van der Waals surface area (Å²) in [6.45, 7) is 0. The first-order valence-electron chi connectivity index (χ1n) is 6.05. The Balaban J connectivity index is 1.93. The van der Waals surface area contributed by atoms with Gasteiger partial charge < -0.3 is 4.42 Å². The molecule has 4 heteroatoms. The SMILES string of the molecule is O=C(c1ccccc1)c1nc(-c2cccc(Cl)c2)co1. The zero-order chi connectivity index (χ0) is 13.9. The molecule has 98 valence electrons. The number of hydrogen-bond donors (Lipinski definition) is 0. The topological polar surface area (TPSA) is 43.1 Å². The van der Waals surface area contributed by atoms with Crippen LogP contribution in [-0.2, 0) is 0 Å². The summed E-state index contributed by atoms with van der Waals surface area (Å²) in [5.41, 5.74) is 1.95. The summed E-state index contributed by atoms with van der Waals surface area (Å²) in [6.07, 6.45) is 1.46. The van der Waals surface area contributed by atoms with Crippen LogP contribution in [0.15, 0.2) is 65.3 Å². The monoisotopic (exact) mass is 283 g/mol. The average molecular weight is 284 g/mol. The highest BCUT2D eigenvalue weighted by Gasteiger charge is 2.16. The summed E-state index contributed by atoms with van der Waals surface area (Å²) >= 11 is 5.93. The highest BCUT2D eigenvalue weighted by Crippen LogP contribution is 2.22. The number of ketones is 1. The molecule has 3 aromatic rings. The van der Waals surface area contributed by atoms with Gasteiger partial charge in [0, 0.05) is 16.1 Å². The third kappa shape index (κ3) is 2.49. The third-order valence-electron chi connectivity index (χ3n) is 2.85. The maximum absolute atomic E-state index is 12.2. The minimum Gasteiger partial charge on any atom is -0.441 e. The van der Waals surface area contributed by atoms with E-state index in [9.17, 15) is 4.79 Å². The fourth-order valence-corrected chi connectivity index (χ4v) is 2.06. The van der Waals surface area contributed by atoms with E-state index in [1.165, 1.54) is 6.26 Å². The molecule has 3 rings (SSSR count). The van der Waals surface area contributed by atoms with E-state index in [0.717, 1.165) is 5.56 Å². The number of carbonyl (C=O) groups excluding carboxylic acids is 1. The van der Waals surface area contributed by atoms with Crippen LogP contribution in [0.1, 0.15) is 16.2 Å². The predicted octanol–water partition coefficient (Wildman–Crippen LogP) is 4.23. The Hall–Kier alpha value is -2.39. The van der Waals surface area contributed by atoms with E-state index in [2.05, 4.69) is 4.98 Å². The van der Waals surface area contributed by atoms with Gasteiger partial charge in [0.1, 0.15) is 12.0 Å². The maximum atomic E-state index is 12.2. The molecule has 0 radical (unpaired) electrons. The van der Waals surface area contributed by atoms with E-state index < -0.39 is 0 Å². The van der Waals surface area contributed by atoms with Crippen molar-refractivity contribution in [1.29, 1.82) is 0 Å². The van der Waals surface area contributed by atoms with Gasteiger partial charge in [0.2, 0.25) is 5.78 Å². The Morgan fingerprint density at radius 3 is 2.60 bits per heavy atom. The highest BCUT2D eigenvalue weighted by atomic mass is 35.5. The van der Waals surface area contributed by atoms with Crippen molar-refractivity contribution in [1.82, 2.24) is 4.98 Å². The molecule has 0 amide bonds. The molecule has 0 saturated carbocycles. The number of hydrogen-bond acceptors (Lipinski definition) is 3. The van der Waals surface area contributed by atoms with Gasteiger partial charge in [-0.15, -0.1) is 0 Å². The molecule has 1 aromatic heterocycles. The predicted molar refractivity (Wildman–Crippen MR) is 76.8 cm³/mol. The number of nitrogens with zero attached hydrogens (tertiary/aromatic N) is 1. The van der Waals surface area contributed by atoms with Gasteiger partial charge in [0.25, 0.3) is 5.89 Å². The van der Waals surface area contributed by atoms with Gasteiger partial charge in [0.15, 0.2) is 0 Å². The van der Waals surface area contributed by atoms with Crippen LogP contribution in [0.3, 0.4) is 0 Å². The standard InChI is InChI=1S/C16H10ClNO2/c17-13-8-4-7-12(9-13)14-10-20-16(18-14)15(19)11-5-2-1-3-6-11/h1-10H. The molecule has 0 saturated heterocycles. The van der Waals surface area contributed by atoms with Gasteiger partial charge in [0.05, 0.1) is 0 Å². The first-order valence-corrected chi connectivity index (χ1v) is 6.43. The van der Waals surface area contributed by atoms with Crippen LogP contribution in [-0.4, -0.2) is 10.8 Å². The van der Waals surface area contributed by atoms with Crippen molar-refractivity contribution in [2.75, 3.05) is 0 Å². The Labute approximate surface area is 120 Å². The lowest BCUT2D eigenvalue weighted by Gasteiger charge is -1.96. The Kier molecular flexibility index (Phi) is 3.35. The van der Waals surface area contributed by atoms with Crippen molar-refractivity contribution in [3.63, 3.8) is 0 Å². The quantitative estimate of drug-likeness (QED) is 0.676. The summed E-state index contributed by atoms with van der Waals surface area (Å²) in [7, 11) is 0. The van der Waals surface area contributed by atoms with Crippen LogP contribution in [0.25, 0.3) is 11.3 Å². The molecule has 0 fully saturated rings. The van der Waals surface area contributed by atoms with Crippen LogP contribution in [0.2, 0.25) is 5.02 Å². The molecule has 0 spiro atoms. The van der Waals surface area contributed by atoms with Gasteiger partial charge in [-0.25, -0.2) is 4.98 Å². The molecule has 1 heterocycles. The second-order valence-corrected chi connectivity index (χ2v) is 4.68. The molecule has 0 unspecified atom stereocenters. The van der Waals surface area contributed by atoms with E-state index in [0.29, 0.717) is 16.3 Å². The fourth-order valence-electron chi connectivity index (χ4n) is 1.87. The van der Waals surface area contributed by atoms with Crippen molar-refractivity contribution < 1.29 is 9.21 Å². The molecule has 20 heavy (non-hydrogen) atoms. The molecule has 0 aliphatic heterocycles. The fraction of sp³-hybridized carbons (Fsp3) is 0. The first kappa shape index (κ1) is 12.6. The van der Waals surface area contributed by atoms with Crippen LogP contribution in [0, 0.1) is 0 Å². The van der Waals surface area contributed by atoms with E-state index in [-0.39, 0.29) is 11.7 Å². The molecule has 2 aromatic carbocycles. The molecular formula is C16H10ClNO2. The second-order valence-electron chi connectivity index (χ2n) is 4.24. The Bertz CT molecular complexity index is 750. The van der Waals surface area contributed by atoms with Crippen LogP contribution < -0.4 is 0 Å². The third-order valence-corrected chi connectivity index (χ3v) is 3.09. The Morgan fingerprint density at radius 2 is 1.85 bits per heavy atom. The lowest BCUT2D eigenvalue weighted by Crippen LogP contribution is -2.01. The maximum Gasteiger partial charge on any atom is 0.268 e. The van der Waals surface area contributed by atoms with Crippen molar-refractivity contribution in [2.45, 2.75) is 0 Å². The van der Waals surface area contributed by atoms with Crippen LogP contribution >= 0.6 is 11.6 Å². The molecule has 0 bridgehead atoms. The highest BCUT2D eigenvalue weighted by molar-refractivity contribution is 6.30. The zero-order valence-electron chi connectivity index (χ0n) is 10.4. The van der Waals surface area contributed by atoms with Crippen molar-refractivity contribution in [2.24, 2.45) is 0 Å². The lowest BCUT2D eigenvalue weighted by atomic mass is 10.1. The molecule has 0 aliphatic carbocycles. The molecule has 0 N–H and O–H groups in total. The van der Waals surface area contributed by atoms with Gasteiger partial charge in [-0.3, -0.25) is 4.79 Å². The number of carbonyl (C=O) groups is 1. The largest absolute Gasteiger partial charge is 0.441 e. The smallest absolute Gasteiger partial charge is 0.268 e. The zero-order valence-corrected chi connectivity index (χ0v) is 11.2. The number of oxazole rings is 1. The first-order chi connectivity index (χ1) is 9.74. The molecule has 3 nitrogen and oxygen atoms in total. The van der Waals surface area contributed by atoms with E-state index in [1.807, 2.05) is 18.2 Å². The van der Waals surface area contributed by atoms with Gasteiger partial charge in [-0.2, -0.15) is 0 Å². The minimum atomic E-state index is -0.237. The minimum absolute atomic E-state index is 0.0752.